The number of carbonyl (C=O) groups excluding carboxylic acids is 1. The molecular formula is C16H20N2O2S. The molecule has 1 aliphatic heterocycles. The molecule has 0 aliphatic carbocycles. The standard InChI is InChI=1S/C16H20N2O2S/c1-5-15-10(2)6-13(7-11(15)3)18-9-14(20-16(18)21)8-17-12(4)19/h5-7,14H,1,8-9H2,2-4H3,(H,17,19). The molecule has 1 N–H and O–H groups in total. The Morgan fingerprint density at radius 3 is 2.67 bits per heavy atom. The SMILES string of the molecule is C=Cc1c(C)cc(N2CC(CNC(C)=O)OC2=S)cc1C. The first-order chi connectivity index (χ1) is 9.92. The van der Waals surface area contributed by atoms with Gasteiger partial charge in [0.1, 0.15) is 6.10 Å². The van der Waals surface area contributed by atoms with E-state index in [1.54, 1.807) is 0 Å². The summed E-state index contributed by atoms with van der Waals surface area (Å²) < 4.78 is 5.64. The number of carbonyl (C=O) groups is 1. The van der Waals surface area contributed by atoms with Gasteiger partial charge in [0.15, 0.2) is 0 Å². The summed E-state index contributed by atoms with van der Waals surface area (Å²) >= 11 is 5.30. The molecule has 1 saturated heterocycles. The average molecular weight is 304 g/mol. The summed E-state index contributed by atoms with van der Waals surface area (Å²) in [4.78, 5) is 12.9. The van der Waals surface area contributed by atoms with E-state index in [0.29, 0.717) is 18.3 Å². The van der Waals surface area contributed by atoms with Crippen LogP contribution in [0.4, 0.5) is 5.69 Å². The molecule has 0 bridgehead atoms. The number of benzene rings is 1. The van der Waals surface area contributed by atoms with Gasteiger partial charge < -0.3 is 10.1 Å². The van der Waals surface area contributed by atoms with Crippen LogP contribution in [0.25, 0.3) is 6.08 Å². The molecule has 0 saturated carbocycles. The van der Waals surface area contributed by atoms with Crippen molar-refractivity contribution < 1.29 is 9.53 Å². The molecule has 1 aromatic rings. The third-order valence-electron chi connectivity index (χ3n) is 3.55. The van der Waals surface area contributed by atoms with E-state index in [4.69, 9.17) is 17.0 Å². The molecule has 0 spiro atoms. The third-order valence-corrected chi connectivity index (χ3v) is 3.86. The van der Waals surface area contributed by atoms with Crippen LogP contribution in [0, 0.1) is 13.8 Å². The molecule has 1 aliphatic rings. The number of aryl methyl sites for hydroxylation is 2. The zero-order chi connectivity index (χ0) is 15.6. The van der Waals surface area contributed by atoms with Crippen LogP contribution in [-0.2, 0) is 9.53 Å². The number of hydrogen-bond donors (Lipinski definition) is 1. The van der Waals surface area contributed by atoms with E-state index in [1.807, 2.05) is 11.0 Å². The topological polar surface area (TPSA) is 41.6 Å². The van der Waals surface area contributed by atoms with Gasteiger partial charge in [-0.15, -0.1) is 0 Å². The molecule has 5 heteroatoms. The number of thiocarbonyl (C=S) groups is 1. The van der Waals surface area contributed by atoms with Crippen molar-refractivity contribution in [2.75, 3.05) is 18.0 Å². The highest BCUT2D eigenvalue weighted by atomic mass is 32.1. The predicted octanol–water partition coefficient (Wildman–Crippen LogP) is 2.57. The first-order valence-corrected chi connectivity index (χ1v) is 7.29. The number of ether oxygens (including phenoxy) is 1. The summed E-state index contributed by atoms with van der Waals surface area (Å²) in [5.74, 6) is -0.0648. The number of nitrogens with one attached hydrogen (secondary N) is 1. The van der Waals surface area contributed by atoms with Crippen LogP contribution in [0.5, 0.6) is 0 Å². The highest BCUT2D eigenvalue weighted by molar-refractivity contribution is 7.80. The van der Waals surface area contributed by atoms with Gasteiger partial charge in [0.05, 0.1) is 13.1 Å². The third kappa shape index (κ3) is 3.42. The smallest absolute Gasteiger partial charge is 0.264 e. The van der Waals surface area contributed by atoms with E-state index >= 15 is 0 Å². The van der Waals surface area contributed by atoms with Crippen molar-refractivity contribution in [2.24, 2.45) is 0 Å². The second-order valence-electron chi connectivity index (χ2n) is 5.25. The quantitative estimate of drug-likeness (QED) is 0.868. The predicted molar refractivity (Wildman–Crippen MR) is 89.5 cm³/mol. The van der Waals surface area contributed by atoms with Crippen LogP contribution in [0.1, 0.15) is 23.6 Å². The van der Waals surface area contributed by atoms with E-state index < -0.39 is 0 Å². The molecule has 2 rings (SSSR count). The Morgan fingerprint density at radius 2 is 2.14 bits per heavy atom. The first-order valence-electron chi connectivity index (χ1n) is 6.88. The lowest BCUT2D eigenvalue weighted by atomic mass is 10.0. The zero-order valence-electron chi connectivity index (χ0n) is 12.6. The summed E-state index contributed by atoms with van der Waals surface area (Å²) in [7, 11) is 0. The van der Waals surface area contributed by atoms with Crippen LogP contribution < -0.4 is 10.2 Å². The minimum Gasteiger partial charge on any atom is -0.464 e. The van der Waals surface area contributed by atoms with E-state index in [2.05, 4.69) is 37.9 Å². The van der Waals surface area contributed by atoms with Gasteiger partial charge in [-0.2, -0.15) is 0 Å². The molecule has 1 amide bonds. The van der Waals surface area contributed by atoms with Gasteiger partial charge in [-0.3, -0.25) is 9.69 Å². The summed E-state index contributed by atoms with van der Waals surface area (Å²) in [5.41, 5.74) is 4.49. The van der Waals surface area contributed by atoms with E-state index in [-0.39, 0.29) is 12.0 Å². The minimum atomic E-state index is -0.110. The van der Waals surface area contributed by atoms with E-state index in [0.717, 1.165) is 22.4 Å². The Bertz CT molecular complexity index is 575. The Balaban J connectivity index is 2.17. The van der Waals surface area contributed by atoms with Gasteiger partial charge in [-0.05, 0) is 54.9 Å². The highest BCUT2D eigenvalue weighted by Crippen LogP contribution is 2.27. The fraction of sp³-hybridized carbons (Fsp3) is 0.375. The minimum absolute atomic E-state index is 0.0648. The summed E-state index contributed by atoms with van der Waals surface area (Å²) in [5, 5.41) is 3.21. The molecule has 4 nitrogen and oxygen atoms in total. The fourth-order valence-corrected chi connectivity index (χ4v) is 2.84. The van der Waals surface area contributed by atoms with E-state index in [1.165, 1.54) is 6.92 Å². The lowest BCUT2D eigenvalue weighted by Gasteiger charge is -2.18. The zero-order valence-corrected chi connectivity index (χ0v) is 13.4. The number of rotatable bonds is 4. The Labute approximate surface area is 130 Å². The van der Waals surface area contributed by atoms with Crippen molar-refractivity contribution in [1.29, 1.82) is 0 Å². The summed E-state index contributed by atoms with van der Waals surface area (Å²) in [6.45, 7) is 10.6. The second kappa shape index (κ2) is 6.26. The Kier molecular flexibility index (Phi) is 4.63. The summed E-state index contributed by atoms with van der Waals surface area (Å²) in [6, 6.07) is 4.17. The number of anilines is 1. The molecule has 1 aromatic carbocycles. The number of amides is 1. The lowest BCUT2D eigenvalue weighted by Crippen LogP contribution is -2.33. The van der Waals surface area contributed by atoms with Crippen molar-refractivity contribution in [3.63, 3.8) is 0 Å². The maximum absolute atomic E-state index is 11.0. The molecule has 1 unspecified atom stereocenters. The van der Waals surface area contributed by atoms with E-state index in [9.17, 15) is 4.79 Å². The molecule has 21 heavy (non-hydrogen) atoms. The molecule has 112 valence electrons. The highest BCUT2D eigenvalue weighted by Gasteiger charge is 2.29. The average Bonchev–Trinajstić information content (AvgIpc) is 2.77. The van der Waals surface area contributed by atoms with Crippen molar-refractivity contribution in [3.05, 3.63) is 35.4 Å². The molecule has 0 radical (unpaired) electrons. The Hall–Kier alpha value is -1.88. The van der Waals surface area contributed by atoms with Crippen LogP contribution in [0.15, 0.2) is 18.7 Å². The fourth-order valence-electron chi connectivity index (χ4n) is 2.53. The van der Waals surface area contributed by atoms with Crippen LogP contribution in [0.3, 0.4) is 0 Å². The maximum Gasteiger partial charge on any atom is 0.264 e. The van der Waals surface area contributed by atoms with Gasteiger partial charge >= 0.3 is 0 Å². The molecule has 1 atom stereocenters. The van der Waals surface area contributed by atoms with Crippen molar-refractivity contribution in [1.82, 2.24) is 5.32 Å². The number of nitrogens with zero attached hydrogens (tertiary/aromatic N) is 1. The monoisotopic (exact) mass is 304 g/mol. The van der Waals surface area contributed by atoms with Crippen molar-refractivity contribution in [3.8, 4) is 0 Å². The lowest BCUT2D eigenvalue weighted by molar-refractivity contribution is -0.119. The number of hydrogen-bond acceptors (Lipinski definition) is 3. The van der Waals surface area contributed by atoms with Gasteiger partial charge in [0, 0.05) is 12.6 Å². The first kappa shape index (κ1) is 15.5. The molecule has 1 heterocycles. The van der Waals surface area contributed by atoms with Gasteiger partial charge in [0.25, 0.3) is 5.17 Å². The van der Waals surface area contributed by atoms with Crippen LogP contribution in [0.2, 0.25) is 0 Å². The van der Waals surface area contributed by atoms with Crippen molar-refractivity contribution >= 4 is 35.1 Å². The normalized spacial score (nSPS) is 17.6. The van der Waals surface area contributed by atoms with Gasteiger partial charge in [-0.25, -0.2) is 0 Å². The molecular weight excluding hydrogens is 284 g/mol. The molecule has 0 aromatic heterocycles. The second-order valence-corrected chi connectivity index (χ2v) is 5.60. The maximum atomic E-state index is 11.0. The summed E-state index contributed by atoms with van der Waals surface area (Å²) in [6.07, 6.45) is 1.76. The molecule has 1 fully saturated rings. The largest absolute Gasteiger partial charge is 0.464 e. The van der Waals surface area contributed by atoms with Gasteiger partial charge in [0.2, 0.25) is 5.91 Å². The van der Waals surface area contributed by atoms with Crippen LogP contribution >= 0.6 is 12.2 Å². The Morgan fingerprint density at radius 1 is 1.52 bits per heavy atom. The van der Waals surface area contributed by atoms with Gasteiger partial charge in [-0.1, -0.05) is 12.7 Å². The van der Waals surface area contributed by atoms with Crippen LogP contribution in [-0.4, -0.2) is 30.3 Å². The van der Waals surface area contributed by atoms with Crippen molar-refractivity contribution in [2.45, 2.75) is 26.9 Å².